The molecule has 0 spiro atoms. The number of likely N-dealkylation sites (N-methyl/N-ethyl adjacent to an activating group) is 1. The minimum atomic E-state index is -1.63. The third-order valence-electron chi connectivity index (χ3n) is 7.22. The van der Waals surface area contributed by atoms with Crippen LogP contribution in [0, 0.1) is 11.3 Å². The Kier molecular flexibility index (Phi) is 2.91. The van der Waals surface area contributed by atoms with E-state index < -0.39 is 22.5 Å². The fraction of sp³-hybridized carbons (Fsp3) is 0.545. The number of rotatable bonds is 0. The van der Waals surface area contributed by atoms with Gasteiger partial charge < -0.3 is 9.80 Å². The molecule has 0 aromatic rings. The first kappa shape index (κ1) is 16.5. The standard InChI is InChI=1S/C22H26F2N2/c1-13-16(23)11-20(2)7-9-26-17-6-8-25(5)12-14(17)15-10-21(3,24)18(13)19(20)22(15,26)4/h7,9-11,13H,6,8,12H2,1-5H3. The highest BCUT2D eigenvalue weighted by Crippen LogP contribution is 2.64. The fourth-order valence-corrected chi connectivity index (χ4v) is 6.10. The second-order valence-corrected chi connectivity index (χ2v) is 9.13. The van der Waals surface area contributed by atoms with Crippen LogP contribution in [0.25, 0.3) is 0 Å². The Hall–Kier alpha value is -1.68. The first-order chi connectivity index (χ1) is 12.1. The third kappa shape index (κ3) is 1.70. The van der Waals surface area contributed by atoms with E-state index in [0.29, 0.717) is 5.57 Å². The number of hydrogen-bond donors (Lipinski definition) is 0. The van der Waals surface area contributed by atoms with Gasteiger partial charge in [-0.15, -0.1) is 0 Å². The molecule has 0 aromatic heterocycles. The molecule has 2 nitrogen and oxygen atoms in total. The normalized spacial score (nSPS) is 44.1. The van der Waals surface area contributed by atoms with E-state index in [9.17, 15) is 4.39 Å². The number of fused-ring (bicyclic) bond motifs is 2. The second kappa shape index (κ2) is 4.59. The summed E-state index contributed by atoms with van der Waals surface area (Å²) in [4.78, 5) is 4.64. The van der Waals surface area contributed by atoms with Gasteiger partial charge in [0.15, 0.2) is 0 Å². The molecular weight excluding hydrogens is 330 g/mol. The Balaban J connectivity index is 1.84. The van der Waals surface area contributed by atoms with Crippen molar-refractivity contribution < 1.29 is 8.78 Å². The predicted octanol–water partition coefficient (Wildman–Crippen LogP) is 4.65. The van der Waals surface area contributed by atoms with Gasteiger partial charge in [-0.3, -0.25) is 0 Å². The van der Waals surface area contributed by atoms with E-state index in [1.165, 1.54) is 11.3 Å². The molecule has 0 saturated carbocycles. The summed E-state index contributed by atoms with van der Waals surface area (Å²) in [6.07, 6.45) is 8.63. The molecule has 5 aliphatic rings. The summed E-state index contributed by atoms with van der Waals surface area (Å²) in [5.41, 5.74) is 2.69. The topological polar surface area (TPSA) is 6.48 Å². The van der Waals surface area contributed by atoms with Crippen molar-refractivity contribution in [1.82, 2.24) is 9.80 Å². The van der Waals surface area contributed by atoms with Crippen LogP contribution < -0.4 is 0 Å². The van der Waals surface area contributed by atoms with Gasteiger partial charge in [-0.1, -0.05) is 13.0 Å². The van der Waals surface area contributed by atoms with Crippen molar-refractivity contribution in [3.8, 4) is 0 Å². The minimum absolute atomic E-state index is 0.218. The Morgan fingerprint density at radius 1 is 1.19 bits per heavy atom. The third-order valence-corrected chi connectivity index (χ3v) is 7.22. The van der Waals surface area contributed by atoms with Gasteiger partial charge in [0.2, 0.25) is 0 Å². The van der Waals surface area contributed by atoms with Crippen molar-refractivity contribution in [2.75, 3.05) is 20.1 Å². The first-order valence-corrected chi connectivity index (χ1v) is 9.55. The quantitative estimate of drug-likeness (QED) is 0.583. The largest absolute Gasteiger partial charge is 0.338 e. The highest BCUT2D eigenvalue weighted by atomic mass is 19.1. The number of hydrogen-bond acceptors (Lipinski definition) is 2. The van der Waals surface area contributed by atoms with Crippen molar-refractivity contribution in [1.29, 1.82) is 0 Å². The van der Waals surface area contributed by atoms with E-state index in [2.05, 4.69) is 36.0 Å². The van der Waals surface area contributed by atoms with Crippen molar-refractivity contribution in [3.63, 3.8) is 0 Å². The molecule has 4 atom stereocenters. The lowest BCUT2D eigenvalue weighted by molar-refractivity contribution is 0.204. The minimum Gasteiger partial charge on any atom is -0.338 e. The average molecular weight is 356 g/mol. The first-order valence-electron chi connectivity index (χ1n) is 9.55. The Morgan fingerprint density at radius 2 is 1.92 bits per heavy atom. The molecule has 5 rings (SSSR count). The molecule has 0 bridgehead atoms. The molecule has 0 fully saturated rings. The van der Waals surface area contributed by atoms with Crippen molar-refractivity contribution in [2.45, 2.75) is 45.3 Å². The summed E-state index contributed by atoms with van der Waals surface area (Å²) in [5, 5.41) is 0. The monoisotopic (exact) mass is 356 g/mol. The summed E-state index contributed by atoms with van der Waals surface area (Å²) < 4.78 is 30.8. The smallest absolute Gasteiger partial charge is 0.149 e. The van der Waals surface area contributed by atoms with E-state index in [4.69, 9.17) is 0 Å². The molecule has 138 valence electrons. The fourth-order valence-electron chi connectivity index (χ4n) is 6.10. The lowest BCUT2D eigenvalue weighted by Crippen LogP contribution is -2.54. The van der Waals surface area contributed by atoms with Gasteiger partial charge in [0.1, 0.15) is 11.5 Å². The summed E-state index contributed by atoms with van der Waals surface area (Å²) in [6.45, 7) is 9.48. The molecule has 3 aliphatic heterocycles. The maximum absolute atomic E-state index is 16.0. The molecular formula is C22H26F2N2. The van der Waals surface area contributed by atoms with Crippen LogP contribution in [0.1, 0.15) is 34.1 Å². The summed E-state index contributed by atoms with van der Waals surface area (Å²) >= 11 is 0. The van der Waals surface area contributed by atoms with Gasteiger partial charge in [-0.25, -0.2) is 8.78 Å². The molecule has 0 saturated heterocycles. The molecule has 4 unspecified atom stereocenters. The van der Waals surface area contributed by atoms with E-state index in [0.717, 1.165) is 30.7 Å². The number of halogens is 2. The van der Waals surface area contributed by atoms with Gasteiger partial charge in [-0.05, 0) is 62.3 Å². The lowest BCUT2D eigenvalue weighted by atomic mass is 9.56. The van der Waals surface area contributed by atoms with Crippen molar-refractivity contribution in [3.05, 3.63) is 58.2 Å². The van der Waals surface area contributed by atoms with Crippen LogP contribution in [0.15, 0.2) is 58.2 Å². The Labute approximate surface area is 154 Å². The highest BCUT2D eigenvalue weighted by Gasteiger charge is 2.61. The van der Waals surface area contributed by atoms with Crippen molar-refractivity contribution in [2.24, 2.45) is 11.3 Å². The van der Waals surface area contributed by atoms with Crippen LogP contribution in [0.4, 0.5) is 8.78 Å². The molecule has 4 heteroatoms. The van der Waals surface area contributed by atoms with Crippen LogP contribution in [0.5, 0.6) is 0 Å². The lowest BCUT2D eigenvalue weighted by Gasteiger charge is -2.55. The molecule has 2 aliphatic carbocycles. The van der Waals surface area contributed by atoms with Gasteiger partial charge in [0.25, 0.3) is 0 Å². The van der Waals surface area contributed by atoms with Gasteiger partial charge in [0.05, 0.1) is 5.54 Å². The van der Waals surface area contributed by atoms with E-state index in [1.54, 1.807) is 26.0 Å². The second-order valence-electron chi connectivity index (χ2n) is 9.13. The molecule has 26 heavy (non-hydrogen) atoms. The molecule has 0 amide bonds. The van der Waals surface area contributed by atoms with Crippen LogP contribution in [0.2, 0.25) is 0 Å². The highest BCUT2D eigenvalue weighted by molar-refractivity contribution is 5.68. The zero-order valence-electron chi connectivity index (χ0n) is 16.2. The molecule has 3 heterocycles. The average Bonchev–Trinajstić information content (AvgIpc) is 2.77. The summed E-state index contributed by atoms with van der Waals surface area (Å²) in [5.74, 6) is -0.736. The van der Waals surface area contributed by atoms with E-state index >= 15 is 4.39 Å². The van der Waals surface area contributed by atoms with Crippen LogP contribution in [-0.4, -0.2) is 41.1 Å². The predicted molar refractivity (Wildman–Crippen MR) is 99.6 cm³/mol. The molecule has 0 N–H and O–H groups in total. The maximum atomic E-state index is 16.0. The van der Waals surface area contributed by atoms with E-state index in [1.807, 2.05) is 6.92 Å². The van der Waals surface area contributed by atoms with Crippen LogP contribution >= 0.6 is 0 Å². The van der Waals surface area contributed by atoms with Gasteiger partial charge in [-0.2, -0.15) is 0 Å². The van der Waals surface area contributed by atoms with Gasteiger partial charge >= 0.3 is 0 Å². The number of alkyl halides is 1. The Bertz CT molecular complexity index is 888. The van der Waals surface area contributed by atoms with Gasteiger partial charge in [0, 0.05) is 42.7 Å². The maximum Gasteiger partial charge on any atom is 0.149 e. The van der Waals surface area contributed by atoms with Crippen LogP contribution in [-0.2, 0) is 0 Å². The van der Waals surface area contributed by atoms with E-state index in [-0.39, 0.29) is 5.83 Å². The number of nitrogens with zero attached hydrogens (tertiary/aromatic N) is 2. The molecule has 0 radical (unpaired) electrons. The van der Waals surface area contributed by atoms with Crippen molar-refractivity contribution >= 4 is 0 Å². The zero-order chi connectivity index (χ0) is 18.6. The van der Waals surface area contributed by atoms with Crippen LogP contribution in [0.3, 0.4) is 0 Å². The summed E-state index contributed by atoms with van der Waals surface area (Å²) in [7, 11) is 2.12. The molecule has 0 aromatic carbocycles. The number of allylic oxidation sites excluding steroid dienone is 5. The summed E-state index contributed by atoms with van der Waals surface area (Å²) in [6, 6.07) is 0. The Morgan fingerprint density at radius 3 is 2.65 bits per heavy atom. The SMILES string of the molecule is CC1C(F)=CC2(C)C=CN3C4=C(CN(C)CC4)C4=CC(C)(F)C1=C2C43C. The zero-order valence-corrected chi connectivity index (χ0v) is 16.2.